The van der Waals surface area contributed by atoms with Crippen LogP contribution in [0.2, 0.25) is 0 Å². The van der Waals surface area contributed by atoms with Crippen LogP contribution in [0.1, 0.15) is 19.3 Å². The van der Waals surface area contributed by atoms with Crippen molar-refractivity contribution in [1.82, 2.24) is 0 Å². The van der Waals surface area contributed by atoms with Gasteiger partial charge in [0.2, 0.25) is 0 Å². The second kappa shape index (κ2) is 2.68. The molecule has 1 fully saturated rings. The molecular formula is C6H8O4. The fourth-order valence-electron chi connectivity index (χ4n) is 0.921. The van der Waals surface area contributed by atoms with Gasteiger partial charge in [-0.05, 0) is 6.42 Å². The van der Waals surface area contributed by atoms with Gasteiger partial charge in [-0.25, -0.2) is 0 Å². The van der Waals surface area contributed by atoms with Crippen LogP contribution in [0.4, 0.5) is 0 Å². The van der Waals surface area contributed by atoms with E-state index in [0.717, 1.165) is 0 Å². The quantitative estimate of drug-likeness (QED) is 0.561. The van der Waals surface area contributed by atoms with Crippen molar-refractivity contribution in [2.24, 2.45) is 0 Å². The first-order valence-corrected chi connectivity index (χ1v) is 3.10. The largest absolute Gasteiger partial charge is 0.481 e. The molecule has 1 aliphatic heterocycles. The molecule has 0 spiro atoms. The molecule has 56 valence electrons. The molecule has 0 aromatic carbocycles. The van der Waals surface area contributed by atoms with Crippen LogP contribution in [-0.4, -0.2) is 23.1 Å². The summed E-state index contributed by atoms with van der Waals surface area (Å²) >= 11 is 0. The normalized spacial score (nSPS) is 24.4. The number of aliphatic carboxylic acids is 1. The van der Waals surface area contributed by atoms with Crippen molar-refractivity contribution in [2.45, 2.75) is 25.4 Å². The van der Waals surface area contributed by atoms with E-state index in [0.29, 0.717) is 12.8 Å². The Morgan fingerprint density at radius 3 is 2.90 bits per heavy atom. The van der Waals surface area contributed by atoms with Crippen LogP contribution < -0.4 is 0 Å². The van der Waals surface area contributed by atoms with Gasteiger partial charge in [0, 0.05) is 6.42 Å². The molecule has 0 radical (unpaired) electrons. The highest BCUT2D eigenvalue weighted by molar-refractivity contribution is 5.73. The molecule has 0 aromatic rings. The van der Waals surface area contributed by atoms with Gasteiger partial charge in [-0.3, -0.25) is 9.59 Å². The van der Waals surface area contributed by atoms with Crippen molar-refractivity contribution in [2.75, 3.05) is 0 Å². The summed E-state index contributed by atoms with van der Waals surface area (Å²) in [5, 5.41) is 8.27. The Hall–Kier alpha value is -1.06. The van der Waals surface area contributed by atoms with Gasteiger partial charge in [0.1, 0.15) is 6.10 Å². The summed E-state index contributed by atoms with van der Waals surface area (Å²) < 4.78 is 4.65. The Morgan fingerprint density at radius 2 is 2.50 bits per heavy atom. The zero-order valence-electron chi connectivity index (χ0n) is 5.37. The summed E-state index contributed by atoms with van der Waals surface area (Å²) in [4.78, 5) is 20.5. The van der Waals surface area contributed by atoms with Gasteiger partial charge >= 0.3 is 11.9 Å². The summed E-state index contributed by atoms with van der Waals surface area (Å²) in [5.74, 6) is -1.20. The van der Waals surface area contributed by atoms with Crippen molar-refractivity contribution in [3.05, 3.63) is 0 Å². The fourth-order valence-corrected chi connectivity index (χ4v) is 0.921. The molecule has 1 N–H and O–H groups in total. The molecule has 4 heteroatoms. The summed E-state index contributed by atoms with van der Waals surface area (Å²) in [6.45, 7) is 0. The van der Waals surface area contributed by atoms with Crippen molar-refractivity contribution in [1.29, 1.82) is 0 Å². The molecule has 0 saturated carbocycles. The van der Waals surface area contributed by atoms with Crippen molar-refractivity contribution in [3.63, 3.8) is 0 Å². The standard InChI is InChI=1S/C6H8O4/c7-5(8)3-4-1-2-6(9)10-4/h4H,1-3H2,(H,7,8). The van der Waals surface area contributed by atoms with Crippen LogP contribution in [0, 0.1) is 0 Å². The lowest BCUT2D eigenvalue weighted by atomic mass is 10.2. The van der Waals surface area contributed by atoms with E-state index in [9.17, 15) is 9.59 Å². The summed E-state index contributed by atoms with van der Waals surface area (Å²) in [7, 11) is 0. The first-order chi connectivity index (χ1) is 4.68. The van der Waals surface area contributed by atoms with E-state index in [1.54, 1.807) is 0 Å². The van der Waals surface area contributed by atoms with Crippen molar-refractivity contribution < 1.29 is 19.4 Å². The first-order valence-electron chi connectivity index (χ1n) is 3.10. The number of carboxylic acids is 1. The third-order valence-electron chi connectivity index (χ3n) is 1.37. The van der Waals surface area contributed by atoms with E-state index in [1.807, 2.05) is 0 Å². The van der Waals surface area contributed by atoms with Crippen LogP contribution in [-0.2, 0) is 14.3 Å². The highest BCUT2D eigenvalue weighted by Crippen LogP contribution is 2.16. The van der Waals surface area contributed by atoms with Crippen LogP contribution in [0.3, 0.4) is 0 Å². The third kappa shape index (κ3) is 1.72. The molecule has 0 amide bonds. The lowest BCUT2D eigenvalue weighted by Gasteiger charge is -2.03. The van der Waals surface area contributed by atoms with Crippen LogP contribution >= 0.6 is 0 Å². The molecule has 1 rings (SSSR count). The molecule has 0 aliphatic carbocycles. The Morgan fingerprint density at radius 1 is 1.80 bits per heavy atom. The van der Waals surface area contributed by atoms with E-state index in [-0.39, 0.29) is 18.5 Å². The molecule has 0 aromatic heterocycles. The first kappa shape index (κ1) is 7.05. The van der Waals surface area contributed by atoms with Gasteiger partial charge in [0.05, 0.1) is 6.42 Å². The number of esters is 1. The van der Waals surface area contributed by atoms with E-state index in [4.69, 9.17) is 5.11 Å². The minimum absolute atomic E-state index is 0.0638. The van der Waals surface area contributed by atoms with Crippen LogP contribution in [0.5, 0.6) is 0 Å². The number of carboxylic acid groups (broad SMARTS) is 1. The average molecular weight is 144 g/mol. The Balaban J connectivity index is 2.31. The molecule has 1 unspecified atom stereocenters. The molecule has 4 nitrogen and oxygen atoms in total. The second-order valence-corrected chi connectivity index (χ2v) is 2.25. The molecule has 0 bridgehead atoms. The number of hydrogen-bond donors (Lipinski definition) is 1. The van der Waals surface area contributed by atoms with E-state index >= 15 is 0 Å². The van der Waals surface area contributed by atoms with Gasteiger partial charge < -0.3 is 9.84 Å². The van der Waals surface area contributed by atoms with Gasteiger partial charge in [-0.1, -0.05) is 0 Å². The van der Waals surface area contributed by atoms with E-state index < -0.39 is 5.97 Å². The van der Waals surface area contributed by atoms with Gasteiger partial charge in [0.25, 0.3) is 0 Å². The Bertz CT molecular complexity index is 163. The molecular weight excluding hydrogens is 136 g/mol. The molecule has 1 atom stereocenters. The maximum Gasteiger partial charge on any atom is 0.307 e. The third-order valence-corrected chi connectivity index (χ3v) is 1.37. The SMILES string of the molecule is O=C(O)CC1CCC(=O)O1. The summed E-state index contributed by atoms with van der Waals surface area (Å²) in [5.41, 5.74) is 0. The number of rotatable bonds is 2. The van der Waals surface area contributed by atoms with Gasteiger partial charge in [-0.15, -0.1) is 0 Å². The molecule has 1 aliphatic rings. The van der Waals surface area contributed by atoms with E-state index in [1.165, 1.54) is 0 Å². The number of carbonyl (C=O) groups is 2. The second-order valence-electron chi connectivity index (χ2n) is 2.25. The number of ether oxygens (including phenoxy) is 1. The molecule has 1 saturated heterocycles. The lowest BCUT2D eigenvalue weighted by molar-refractivity contribution is -0.145. The number of cyclic esters (lactones) is 1. The smallest absolute Gasteiger partial charge is 0.307 e. The van der Waals surface area contributed by atoms with E-state index in [2.05, 4.69) is 4.74 Å². The van der Waals surface area contributed by atoms with Crippen LogP contribution in [0.15, 0.2) is 0 Å². The monoisotopic (exact) mass is 144 g/mol. The molecule has 10 heavy (non-hydrogen) atoms. The maximum atomic E-state index is 10.4. The predicted molar refractivity (Wildman–Crippen MR) is 31.4 cm³/mol. The highest BCUT2D eigenvalue weighted by atomic mass is 16.5. The predicted octanol–water partition coefficient (Wildman–Crippen LogP) is 0.167. The zero-order chi connectivity index (χ0) is 7.56. The lowest BCUT2D eigenvalue weighted by Crippen LogP contribution is -2.12. The Kier molecular flexibility index (Phi) is 1.89. The summed E-state index contributed by atoms with van der Waals surface area (Å²) in [6, 6.07) is 0. The average Bonchev–Trinajstić information content (AvgIpc) is 2.13. The number of hydrogen-bond acceptors (Lipinski definition) is 3. The maximum absolute atomic E-state index is 10.4. The highest BCUT2D eigenvalue weighted by Gasteiger charge is 2.24. The minimum Gasteiger partial charge on any atom is -0.481 e. The summed E-state index contributed by atoms with van der Waals surface area (Å²) in [6.07, 6.45) is 0.458. The Labute approximate surface area is 57.8 Å². The van der Waals surface area contributed by atoms with Crippen molar-refractivity contribution >= 4 is 11.9 Å². The number of carbonyl (C=O) groups excluding carboxylic acids is 1. The van der Waals surface area contributed by atoms with Crippen molar-refractivity contribution in [3.8, 4) is 0 Å². The van der Waals surface area contributed by atoms with Gasteiger partial charge in [-0.2, -0.15) is 0 Å². The van der Waals surface area contributed by atoms with Crippen LogP contribution in [0.25, 0.3) is 0 Å². The molecule has 1 heterocycles. The fraction of sp³-hybridized carbons (Fsp3) is 0.667. The minimum atomic E-state index is -0.917. The van der Waals surface area contributed by atoms with Gasteiger partial charge in [0.15, 0.2) is 0 Å². The zero-order valence-corrected chi connectivity index (χ0v) is 5.37. The topological polar surface area (TPSA) is 63.6 Å².